The molecule has 10 rings (SSSR count). The number of hydrogen-bond acceptors (Lipinski definition) is 7. The van der Waals surface area contributed by atoms with Gasteiger partial charge in [-0.2, -0.15) is 10.5 Å². The summed E-state index contributed by atoms with van der Waals surface area (Å²) in [5.74, 6) is 1.00. The molecule has 3 aliphatic heterocycles. The summed E-state index contributed by atoms with van der Waals surface area (Å²) in [5, 5.41) is 24.9. The van der Waals surface area contributed by atoms with Gasteiger partial charge in [0.25, 0.3) is 0 Å². The van der Waals surface area contributed by atoms with Crippen molar-refractivity contribution in [3.05, 3.63) is 86.9 Å². The van der Waals surface area contributed by atoms with Crippen molar-refractivity contribution >= 4 is 50.9 Å². The first-order valence-electron chi connectivity index (χ1n) is 18.5. The van der Waals surface area contributed by atoms with Crippen molar-refractivity contribution in [2.75, 3.05) is 20.2 Å². The molecule has 2 bridgehead atoms. The van der Waals surface area contributed by atoms with E-state index in [-0.39, 0.29) is 53.0 Å². The van der Waals surface area contributed by atoms with E-state index < -0.39 is 5.82 Å². The van der Waals surface area contributed by atoms with Gasteiger partial charge in [-0.3, -0.25) is 4.79 Å². The summed E-state index contributed by atoms with van der Waals surface area (Å²) in [6, 6.07) is 18.9. The van der Waals surface area contributed by atoms with Crippen LogP contribution in [-0.4, -0.2) is 52.7 Å². The quantitative estimate of drug-likeness (QED) is 0.160. The Hall–Kier alpha value is -4.87. The monoisotopic (exact) mass is 762 g/mol. The highest BCUT2D eigenvalue weighted by Crippen LogP contribution is 2.51. The van der Waals surface area contributed by atoms with Crippen LogP contribution in [0.5, 0.6) is 11.5 Å². The van der Waals surface area contributed by atoms with Crippen molar-refractivity contribution in [3.8, 4) is 34.8 Å². The molecule has 3 aromatic carbocycles. The number of halogens is 3. The second-order valence-corrected chi connectivity index (χ2v) is 15.8. The van der Waals surface area contributed by atoms with Crippen molar-refractivity contribution < 1.29 is 18.7 Å². The number of benzene rings is 3. The minimum atomic E-state index is -0.503. The molecule has 274 valence electrons. The zero-order chi connectivity index (χ0) is 37.4. The lowest BCUT2D eigenvalue weighted by Crippen LogP contribution is -2.41. The SMILES string of the molecule is COc1cc(OC2CC(c3cc4c(C)nc5c(F)c(-c6cccc(Cl)c6Cl)c(CCC#N)cc5c4n3C3C4CNC3C4)N(C(=O)C3CC3)C2)ccc1C#N. The summed E-state index contributed by atoms with van der Waals surface area (Å²) in [6.45, 7) is 3.20. The molecule has 2 aromatic heterocycles. The van der Waals surface area contributed by atoms with E-state index in [2.05, 4.69) is 28.1 Å². The van der Waals surface area contributed by atoms with Crippen LogP contribution in [0.3, 0.4) is 0 Å². The number of carbonyl (C=O) groups excluding carboxylic acids is 1. The molecule has 5 atom stereocenters. The fourth-order valence-corrected chi connectivity index (χ4v) is 9.49. The molecular formula is C42H37Cl2FN6O3. The number of fused-ring (bicyclic) bond motifs is 4. The number of nitrogens with zero attached hydrogens (tertiary/aromatic N) is 5. The Bertz CT molecular complexity index is 2450. The Labute approximate surface area is 322 Å². The van der Waals surface area contributed by atoms with Crippen LogP contribution in [0.15, 0.2) is 48.5 Å². The predicted octanol–water partition coefficient (Wildman–Crippen LogP) is 8.61. The number of aryl methyl sites for hydroxylation is 2. The first-order valence-corrected chi connectivity index (χ1v) is 19.2. The molecule has 0 radical (unpaired) electrons. The molecule has 54 heavy (non-hydrogen) atoms. The highest BCUT2D eigenvalue weighted by Gasteiger charge is 2.51. The van der Waals surface area contributed by atoms with Crippen LogP contribution in [0.1, 0.15) is 66.7 Å². The van der Waals surface area contributed by atoms with E-state index in [9.17, 15) is 15.3 Å². The van der Waals surface area contributed by atoms with Crippen molar-refractivity contribution in [1.29, 1.82) is 10.5 Å². The first-order chi connectivity index (χ1) is 26.2. The second kappa shape index (κ2) is 13.5. The summed E-state index contributed by atoms with van der Waals surface area (Å²) in [4.78, 5) is 21.0. The number of nitriles is 2. The maximum atomic E-state index is 17.2. The summed E-state index contributed by atoms with van der Waals surface area (Å²) >= 11 is 13.1. The van der Waals surface area contributed by atoms with Crippen LogP contribution in [0.25, 0.3) is 32.9 Å². The van der Waals surface area contributed by atoms with Crippen LogP contribution in [-0.2, 0) is 11.2 Å². The van der Waals surface area contributed by atoms with Gasteiger partial charge in [0.1, 0.15) is 29.2 Å². The third-order valence-corrected chi connectivity index (χ3v) is 12.7. The second-order valence-electron chi connectivity index (χ2n) is 15.0. The molecule has 5 fully saturated rings. The number of amides is 1. The Morgan fingerprint density at radius 1 is 1.11 bits per heavy atom. The van der Waals surface area contributed by atoms with Gasteiger partial charge in [0.2, 0.25) is 5.91 Å². The molecule has 2 saturated carbocycles. The largest absolute Gasteiger partial charge is 0.495 e. The molecule has 12 heteroatoms. The van der Waals surface area contributed by atoms with Gasteiger partial charge in [0.05, 0.1) is 52.9 Å². The smallest absolute Gasteiger partial charge is 0.226 e. The average molecular weight is 764 g/mol. The van der Waals surface area contributed by atoms with Crippen molar-refractivity contribution in [3.63, 3.8) is 0 Å². The third-order valence-electron chi connectivity index (χ3n) is 11.8. The van der Waals surface area contributed by atoms with Crippen LogP contribution in [0.4, 0.5) is 4.39 Å². The highest BCUT2D eigenvalue weighted by atomic mass is 35.5. The Kier molecular flexibility index (Phi) is 8.69. The van der Waals surface area contributed by atoms with Crippen molar-refractivity contribution in [1.82, 2.24) is 19.8 Å². The van der Waals surface area contributed by atoms with Gasteiger partial charge in [-0.1, -0.05) is 35.3 Å². The van der Waals surface area contributed by atoms with E-state index >= 15 is 4.39 Å². The number of hydrogen-bond donors (Lipinski definition) is 1. The summed E-state index contributed by atoms with van der Waals surface area (Å²) in [5.41, 5.74) is 4.61. The third kappa shape index (κ3) is 5.57. The average Bonchev–Trinajstić information content (AvgIpc) is 3.45. The van der Waals surface area contributed by atoms with Gasteiger partial charge < -0.3 is 24.3 Å². The Morgan fingerprint density at radius 2 is 1.94 bits per heavy atom. The van der Waals surface area contributed by atoms with Gasteiger partial charge in [-0.15, -0.1) is 0 Å². The fraction of sp³-hybridized carbons (Fsp3) is 0.381. The molecule has 5 heterocycles. The highest BCUT2D eigenvalue weighted by molar-refractivity contribution is 6.43. The van der Waals surface area contributed by atoms with E-state index in [1.807, 2.05) is 17.9 Å². The summed E-state index contributed by atoms with van der Waals surface area (Å²) in [7, 11) is 1.52. The topological polar surface area (TPSA) is 116 Å². The molecule has 1 amide bonds. The van der Waals surface area contributed by atoms with E-state index in [0.29, 0.717) is 75.2 Å². The van der Waals surface area contributed by atoms with E-state index in [0.717, 1.165) is 42.4 Å². The number of aromatic nitrogens is 2. The molecule has 9 nitrogen and oxygen atoms in total. The minimum absolute atomic E-state index is 0.00149. The lowest BCUT2D eigenvalue weighted by molar-refractivity contribution is -0.133. The molecule has 1 N–H and O–H groups in total. The fourth-order valence-electron chi connectivity index (χ4n) is 9.10. The number of rotatable bonds is 9. The number of pyridine rings is 1. The zero-order valence-electron chi connectivity index (χ0n) is 29.8. The van der Waals surface area contributed by atoms with Crippen LogP contribution in [0.2, 0.25) is 10.0 Å². The maximum absolute atomic E-state index is 17.2. The Morgan fingerprint density at radius 3 is 2.65 bits per heavy atom. The van der Waals surface area contributed by atoms with Gasteiger partial charge in [0, 0.05) is 70.7 Å². The number of carbonyl (C=O) groups is 1. The number of likely N-dealkylation sites (tertiary alicyclic amines) is 1. The molecule has 2 aliphatic carbocycles. The van der Waals surface area contributed by atoms with E-state index in [1.54, 1.807) is 36.4 Å². The molecule has 5 unspecified atom stereocenters. The zero-order valence-corrected chi connectivity index (χ0v) is 31.3. The van der Waals surface area contributed by atoms with Gasteiger partial charge in [-0.05, 0) is 74.4 Å². The van der Waals surface area contributed by atoms with Crippen LogP contribution < -0.4 is 14.8 Å². The van der Waals surface area contributed by atoms with Gasteiger partial charge >= 0.3 is 0 Å². The summed E-state index contributed by atoms with van der Waals surface area (Å²) < 4.78 is 31.6. The molecule has 5 aromatic rings. The van der Waals surface area contributed by atoms with E-state index in [4.69, 9.17) is 37.7 Å². The molecule has 3 saturated heterocycles. The normalized spacial score (nSPS) is 23.0. The number of ether oxygens (including phenoxy) is 2. The van der Waals surface area contributed by atoms with Gasteiger partial charge in [-0.25, -0.2) is 9.37 Å². The number of methoxy groups -OCH3 is 1. The van der Waals surface area contributed by atoms with Crippen LogP contribution in [0, 0.1) is 47.2 Å². The van der Waals surface area contributed by atoms with Crippen LogP contribution >= 0.6 is 23.2 Å². The van der Waals surface area contributed by atoms with Crippen molar-refractivity contribution in [2.45, 2.75) is 69.7 Å². The predicted molar refractivity (Wildman–Crippen MR) is 204 cm³/mol. The van der Waals surface area contributed by atoms with Gasteiger partial charge in [0.15, 0.2) is 5.82 Å². The lowest BCUT2D eigenvalue weighted by Gasteiger charge is -2.39. The molecule has 0 spiro atoms. The first kappa shape index (κ1) is 34.9. The minimum Gasteiger partial charge on any atom is -0.495 e. The number of nitrogens with one attached hydrogen (secondary N) is 1. The summed E-state index contributed by atoms with van der Waals surface area (Å²) in [6.07, 6.45) is 3.53. The van der Waals surface area contributed by atoms with E-state index in [1.165, 1.54) is 7.11 Å². The lowest BCUT2D eigenvalue weighted by atomic mass is 9.79. The molecule has 5 aliphatic rings. The van der Waals surface area contributed by atoms with Crippen molar-refractivity contribution in [2.24, 2.45) is 11.8 Å². The Balaban J connectivity index is 1.23. The standard InChI is InChI=1S/C42H37Cl2FN6O3/c1-21-29-17-34(33-15-27(20-50(33)42(52)22-8-9-22)54-26-11-10-24(18-47)35(16-26)53-2)51(40-25-14-32(40)48-19-25)41(29)30-13-23(5-4-12-46)36(38(45)39(30)49-21)28-6-3-7-31(43)37(28)44/h3,6-7,10-11,13,16-17,22,25,27,32-33,40,48H,4-5,8-9,14-15,19-20H2,1-2H3. The maximum Gasteiger partial charge on any atom is 0.226 e. The molecular weight excluding hydrogens is 726 g/mol.